The highest BCUT2D eigenvalue weighted by molar-refractivity contribution is 6.30. The van der Waals surface area contributed by atoms with Gasteiger partial charge in [0.15, 0.2) is 0 Å². The van der Waals surface area contributed by atoms with E-state index in [2.05, 4.69) is 5.32 Å². The van der Waals surface area contributed by atoms with Crippen LogP contribution in [0, 0.1) is 5.92 Å². The fourth-order valence-electron chi connectivity index (χ4n) is 3.36. The molecular weight excluding hydrogens is 388 g/mol. The van der Waals surface area contributed by atoms with Crippen LogP contribution in [0.5, 0.6) is 5.75 Å². The molecule has 3 rings (SSSR count). The summed E-state index contributed by atoms with van der Waals surface area (Å²) in [5.41, 5.74) is -0.376. The number of aliphatic carboxylic acids is 1. The first kappa shape index (κ1) is 20.0. The van der Waals surface area contributed by atoms with E-state index in [-0.39, 0.29) is 29.8 Å². The van der Waals surface area contributed by atoms with Gasteiger partial charge < -0.3 is 25.2 Å². The number of aliphatic hydroxyl groups is 1. The van der Waals surface area contributed by atoms with E-state index in [9.17, 15) is 19.5 Å². The number of nitrogens with zero attached hydrogens (tertiary/aromatic N) is 1. The SMILES string of the molecule is O=C(O)CNC(=O)C1=C(O)CCN(CC2CC(Oc3cccc(Cl)c3)C2)C1=O. The van der Waals surface area contributed by atoms with E-state index in [1.54, 1.807) is 12.1 Å². The lowest BCUT2D eigenvalue weighted by Gasteiger charge is -2.39. The lowest BCUT2D eigenvalue weighted by Crippen LogP contribution is -2.48. The third-order valence-corrected chi connectivity index (χ3v) is 5.04. The van der Waals surface area contributed by atoms with E-state index in [4.69, 9.17) is 21.4 Å². The summed E-state index contributed by atoms with van der Waals surface area (Å²) in [6.07, 6.45) is 1.75. The summed E-state index contributed by atoms with van der Waals surface area (Å²) in [5.74, 6) is -2.04. The van der Waals surface area contributed by atoms with Crippen molar-refractivity contribution in [3.8, 4) is 5.75 Å². The number of hydrogen-bond acceptors (Lipinski definition) is 5. The molecule has 1 aromatic rings. The van der Waals surface area contributed by atoms with Crippen LogP contribution in [0.15, 0.2) is 35.6 Å². The highest BCUT2D eigenvalue weighted by Crippen LogP contribution is 2.33. The van der Waals surface area contributed by atoms with E-state index >= 15 is 0 Å². The number of carbonyl (C=O) groups is 3. The van der Waals surface area contributed by atoms with E-state index in [1.165, 1.54) is 4.90 Å². The number of halogens is 1. The molecule has 28 heavy (non-hydrogen) atoms. The molecule has 1 saturated carbocycles. The number of aliphatic hydroxyl groups excluding tert-OH is 1. The van der Waals surface area contributed by atoms with Gasteiger partial charge in [-0.05, 0) is 37.0 Å². The fourth-order valence-corrected chi connectivity index (χ4v) is 3.54. The van der Waals surface area contributed by atoms with Crippen molar-refractivity contribution >= 4 is 29.4 Å². The van der Waals surface area contributed by atoms with Crippen molar-refractivity contribution in [1.29, 1.82) is 0 Å². The molecule has 1 aliphatic carbocycles. The third-order valence-electron chi connectivity index (χ3n) is 4.81. The number of ether oxygens (including phenoxy) is 1. The zero-order valence-electron chi connectivity index (χ0n) is 15.1. The summed E-state index contributed by atoms with van der Waals surface area (Å²) < 4.78 is 5.85. The Morgan fingerprint density at radius 2 is 2.07 bits per heavy atom. The van der Waals surface area contributed by atoms with Crippen LogP contribution in [0.4, 0.5) is 0 Å². The van der Waals surface area contributed by atoms with Crippen LogP contribution in [-0.4, -0.2) is 58.6 Å². The third kappa shape index (κ3) is 4.75. The second-order valence-corrected chi connectivity index (χ2v) is 7.37. The summed E-state index contributed by atoms with van der Waals surface area (Å²) in [6, 6.07) is 7.17. The number of carboxylic acids is 1. The average Bonchev–Trinajstić information content (AvgIpc) is 2.60. The first-order chi connectivity index (χ1) is 13.3. The van der Waals surface area contributed by atoms with Gasteiger partial charge in [-0.15, -0.1) is 0 Å². The molecule has 1 aliphatic heterocycles. The average molecular weight is 409 g/mol. The summed E-state index contributed by atoms with van der Waals surface area (Å²) in [4.78, 5) is 36.7. The van der Waals surface area contributed by atoms with Gasteiger partial charge in [0.05, 0.1) is 6.10 Å². The molecule has 0 unspecified atom stereocenters. The molecule has 0 atom stereocenters. The summed E-state index contributed by atoms with van der Waals surface area (Å²) in [7, 11) is 0. The zero-order chi connectivity index (χ0) is 20.3. The van der Waals surface area contributed by atoms with Crippen LogP contribution in [0.3, 0.4) is 0 Å². The van der Waals surface area contributed by atoms with Gasteiger partial charge in [-0.3, -0.25) is 14.4 Å². The standard InChI is InChI=1S/C19H21ClN2O6/c20-12-2-1-3-13(8-12)28-14-6-11(7-14)10-22-5-4-15(23)17(19(22)27)18(26)21-9-16(24)25/h1-3,8,11,14,23H,4-7,9-10H2,(H,21,26)(H,24,25). The van der Waals surface area contributed by atoms with Gasteiger partial charge in [0.2, 0.25) is 0 Å². The first-order valence-electron chi connectivity index (χ1n) is 8.97. The number of benzene rings is 1. The van der Waals surface area contributed by atoms with Crippen LogP contribution >= 0.6 is 11.6 Å². The molecule has 9 heteroatoms. The maximum atomic E-state index is 12.6. The van der Waals surface area contributed by atoms with E-state index in [1.807, 2.05) is 12.1 Å². The lowest BCUT2D eigenvalue weighted by molar-refractivity contribution is -0.139. The van der Waals surface area contributed by atoms with Gasteiger partial charge in [0.25, 0.3) is 11.8 Å². The number of rotatable bonds is 7. The Morgan fingerprint density at radius 1 is 1.32 bits per heavy atom. The minimum Gasteiger partial charge on any atom is -0.511 e. The maximum Gasteiger partial charge on any atom is 0.322 e. The fraction of sp³-hybridized carbons (Fsp3) is 0.421. The number of carboxylic acid groups (broad SMARTS) is 1. The molecule has 0 spiro atoms. The van der Waals surface area contributed by atoms with Gasteiger partial charge in [0, 0.05) is 24.5 Å². The van der Waals surface area contributed by atoms with Crippen molar-refractivity contribution in [2.45, 2.75) is 25.4 Å². The minimum atomic E-state index is -1.23. The van der Waals surface area contributed by atoms with Crippen molar-refractivity contribution in [3.63, 3.8) is 0 Å². The smallest absolute Gasteiger partial charge is 0.322 e. The summed E-state index contributed by atoms with van der Waals surface area (Å²) >= 11 is 5.94. The zero-order valence-corrected chi connectivity index (χ0v) is 15.8. The molecule has 0 aromatic heterocycles. The van der Waals surface area contributed by atoms with E-state index in [0.717, 1.165) is 12.8 Å². The highest BCUT2D eigenvalue weighted by atomic mass is 35.5. The Kier molecular flexibility index (Phi) is 6.08. The Morgan fingerprint density at radius 3 is 2.75 bits per heavy atom. The lowest BCUT2D eigenvalue weighted by atomic mass is 9.81. The molecule has 150 valence electrons. The maximum absolute atomic E-state index is 12.6. The Balaban J connectivity index is 1.51. The van der Waals surface area contributed by atoms with Crippen molar-refractivity contribution < 1.29 is 29.3 Å². The van der Waals surface area contributed by atoms with Gasteiger partial charge in [-0.25, -0.2) is 0 Å². The number of nitrogens with one attached hydrogen (secondary N) is 1. The highest BCUT2D eigenvalue weighted by Gasteiger charge is 2.37. The Bertz CT molecular complexity index is 818. The summed E-state index contributed by atoms with van der Waals surface area (Å²) in [6.45, 7) is 0.155. The van der Waals surface area contributed by atoms with Gasteiger partial charge in [-0.1, -0.05) is 17.7 Å². The van der Waals surface area contributed by atoms with E-state index < -0.39 is 24.3 Å². The molecular formula is C19H21ClN2O6. The Hall–Kier alpha value is -2.74. The van der Waals surface area contributed by atoms with Gasteiger partial charge >= 0.3 is 5.97 Å². The topological polar surface area (TPSA) is 116 Å². The molecule has 0 radical (unpaired) electrons. The monoisotopic (exact) mass is 408 g/mol. The van der Waals surface area contributed by atoms with Gasteiger partial charge in [0.1, 0.15) is 23.6 Å². The van der Waals surface area contributed by atoms with Crippen LogP contribution < -0.4 is 10.1 Å². The second kappa shape index (κ2) is 8.52. The number of hydrogen-bond donors (Lipinski definition) is 3. The van der Waals surface area contributed by atoms with E-state index in [0.29, 0.717) is 23.9 Å². The summed E-state index contributed by atoms with van der Waals surface area (Å²) in [5, 5.41) is 21.3. The van der Waals surface area contributed by atoms with Crippen molar-refractivity contribution in [3.05, 3.63) is 40.6 Å². The predicted octanol–water partition coefficient (Wildman–Crippen LogP) is 1.74. The normalized spacial score (nSPS) is 21.9. The quantitative estimate of drug-likeness (QED) is 0.592. The molecule has 8 nitrogen and oxygen atoms in total. The second-order valence-electron chi connectivity index (χ2n) is 6.93. The van der Waals surface area contributed by atoms with Crippen LogP contribution in [0.25, 0.3) is 0 Å². The Labute approximate surface area is 166 Å². The largest absolute Gasteiger partial charge is 0.511 e. The molecule has 0 bridgehead atoms. The molecule has 3 N–H and O–H groups in total. The van der Waals surface area contributed by atoms with Crippen molar-refractivity contribution in [2.75, 3.05) is 19.6 Å². The molecule has 1 fully saturated rings. The van der Waals surface area contributed by atoms with Crippen LogP contribution in [0.2, 0.25) is 5.02 Å². The van der Waals surface area contributed by atoms with Crippen molar-refractivity contribution in [1.82, 2.24) is 10.2 Å². The first-order valence-corrected chi connectivity index (χ1v) is 9.35. The molecule has 0 saturated heterocycles. The number of carbonyl (C=O) groups excluding carboxylic acids is 2. The minimum absolute atomic E-state index is 0.0469. The van der Waals surface area contributed by atoms with Crippen LogP contribution in [0.1, 0.15) is 19.3 Å². The van der Waals surface area contributed by atoms with Gasteiger partial charge in [-0.2, -0.15) is 0 Å². The number of amides is 2. The molecule has 2 aliphatic rings. The predicted molar refractivity (Wildman–Crippen MR) is 100 cm³/mol. The molecule has 1 heterocycles. The molecule has 1 aromatic carbocycles. The molecule has 2 amide bonds. The van der Waals surface area contributed by atoms with Crippen molar-refractivity contribution in [2.24, 2.45) is 5.92 Å². The van der Waals surface area contributed by atoms with Crippen LogP contribution in [-0.2, 0) is 14.4 Å².